The summed E-state index contributed by atoms with van der Waals surface area (Å²) in [5, 5.41) is 1.94. The average molecular weight is 445 g/mol. The Morgan fingerprint density at radius 3 is 2.28 bits per heavy atom. The van der Waals surface area contributed by atoms with Gasteiger partial charge in [0.2, 0.25) is 0 Å². The van der Waals surface area contributed by atoms with Crippen LogP contribution in [0.2, 0.25) is 0 Å². The number of pyridine rings is 1. The van der Waals surface area contributed by atoms with Gasteiger partial charge in [0, 0.05) is 37.3 Å². The first-order chi connectivity index (χ1) is 15.5. The number of rotatable bonds is 4. The normalized spacial score (nSPS) is 17.0. The van der Waals surface area contributed by atoms with Crippen molar-refractivity contribution in [2.45, 2.75) is 13.8 Å². The summed E-state index contributed by atoms with van der Waals surface area (Å²) in [6, 6.07) is 15.4. The Balaban J connectivity index is 1.48. The van der Waals surface area contributed by atoms with Gasteiger partial charge in [-0.25, -0.2) is 9.88 Å². The lowest BCUT2D eigenvalue weighted by molar-refractivity contribution is -0.120. The summed E-state index contributed by atoms with van der Waals surface area (Å²) in [7, 11) is 0. The Hall–Kier alpha value is -3.45. The van der Waals surface area contributed by atoms with Crippen LogP contribution in [0.25, 0.3) is 5.57 Å². The molecule has 4 heterocycles. The highest BCUT2D eigenvalue weighted by atomic mass is 32.1. The van der Waals surface area contributed by atoms with Gasteiger partial charge in [-0.2, -0.15) is 0 Å². The summed E-state index contributed by atoms with van der Waals surface area (Å²) in [5.74, 6) is 0.445. The van der Waals surface area contributed by atoms with Crippen LogP contribution in [0, 0.1) is 13.8 Å². The maximum absolute atomic E-state index is 13.7. The molecule has 3 aromatic rings. The van der Waals surface area contributed by atoms with Gasteiger partial charge in [-0.15, -0.1) is 11.3 Å². The van der Waals surface area contributed by atoms with E-state index in [0.717, 1.165) is 34.9 Å². The van der Waals surface area contributed by atoms with E-state index in [1.54, 1.807) is 6.20 Å². The third-order valence-corrected chi connectivity index (χ3v) is 7.03. The van der Waals surface area contributed by atoms with E-state index < -0.39 is 0 Å². The highest BCUT2D eigenvalue weighted by Crippen LogP contribution is 2.37. The summed E-state index contributed by atoms with van der Waals surface area (Å²) in [4.78, 5) is 38.1. The van der Waals surface area contributed by atoms with E-state index in [2.05, 4.69) is 14.8 Å². The molecule has 0 atom stereocenters. The molecule has 0 unspecified atom stereocenters. The maximum atomic E-state index is 13.7. The van der Waals surface area contributed by atoms with E-state index in [0.29, 0.717) is 30.0 Å². The molecule has 1 aromatic carbocycles. The maximum Gasteiger partial charge on any atom is 0.282 e. The van der Waals surface area contributed by atoms with Gasteiger partial charge in [0.15, 0.2) is 0 Å². The second-order valence-corrected chi connectivity index (χ2v) is 9.02. The molecule has 6 nitrogen and oxygen atoms in total. The number of aromatic nitrogens is 1. The fourth-order valence-corrected chi connectivity index (χ4v) is 5.02. The van der Waals surface area contributed by atoms with Crippen LogP contribution in [0.1, 0.15) is 16.0 Å². The number of amides is 2. The Bertz CT molecular complexity index is 1200. The van der Waals surface area contributed by atoms with Crippen LogP contribution in [0.3, 0.4) is 0 Å². The minimum Gasteiger partial charge on any atom is -0.363 e. The molecule has 2 aliphatic rings. The largest absolute Gasteiger partial charge is 0.363 e. The number of carbonyl (C=O) groups excluding carboxylic acids is 2. The monoisotopic (exact) mass is 444 g/mol. The van der Waals surface area contributed by atoms with Crippen LogP contribution in [0.4, 0.5) is 11.5 Å². The number of thiophene rings is 1. The first kappa shape index (κ1) is 20.5. The van der Waals surface area contributed by atoms with Gasteiger partial charge in [-0.3, -0.25) is 9.59 Å². The summed E-state index contributed by atoms with van der Waals surface area (Å²) < 4.78 is 0. The minimum atomic E-state index is -0.247. The molecule has 0 spiro atoms. The molecule has 1 fully saturated rings. The molecule has 162 valence electrons. The second-order valence-electron chi connectivity index (χ2n) is 8.08. The molecule has 5 rings (SSSR count). The summed E-state index contributed by atoms with van der Waals surface area (Å²) in [6.45, 7) is 6.80. The number of aryl methyl sites for hydroxylation is 2. The predicted molar refractivity (Wildman–Crippen MR) is 128 cm³/mol. The molecule has 1 saturated heterocycles. The van der Waals surface area contributed by atoms with Gasteiger partial charge in [0.05, 0.1) is 11.3 Å². The van der Waals surface area contributed by atoms with Crippen LogP contribution in [-0.2, 0) is 9.59 Å². The first-order valence-electron chi connectivity index (χ1n) is 10.7. The molecule has 0 aliphatic carbocycles. The molecular weight excluding hydrogens is 420 g/mol. The van der Waals surface area contributed by atoms with E-state index in [1.165, 1.54) is 16.2 Å². The molecule has 2 aromatic heterocycles. The van der Waals surface area contributed by atoms with Crippen LogP contribution in [0.5, 0.6) is 0 Å². The Labute approximate surface area is 191 Å². The molecule has 7 heteroatoms. The zero-order chi connectivity index (χ0) is 22.2. The van der Waals surface area contributed by atoms with Crippen molar-refractivity contribution in [2.24, 2.45) is 0 Å². The van der Waals surface area contributed by atoms with Gasteiger partial charge < -0.3 is 9.80 Å². The summed E-state index contributed by atoms with van der Waals surface area (Å²) in [6.07, 6.45) is 1.79. The van der Waals surface area contributed by atoms with Crippen molar-refractivity contribution in [1.29, 1.82) is 0 Å². The number of imide groups is 1. The number of hydrogen-bond acceptors (Lipinski definition) is 6. The van der Waals surface area contributed by atoms with Crippen LogP contribution in [-0.4, -0.2) is 47.9 Å². The molecule has 0 saturated carbocycles. The number of anilines is 2. The van der Waals surface area contributed by atoms with Gasteiger partial charge in [0.25, 0.3) is 11.8 Å². The number of nitrogens with zero attached hydrogens (tertiary/aromatic N) is 4. The molecule has 2 amide bonds. The molecular formula is C25H24N4O2S. The van der Waals surface area contributed by atoms with E-state index in [9.17, 15) is 9.59 Å². The third-order valence-electron chi connectivity index (χ3n) is 6.14. The zero-order valence-electron chi connectivity index (χ0n) is 18.1. The number of carbonyl (C=O) groups is 2. The Kier molecular flexibility index (Phi) is 5.27. The van der Waals surface area contributed by atoms with Crippen molar-refractivity contribution in [3.8, 4) is 0 Å². The number of piperazine rings is 1. The second kappa shape index (κ2) is 8.24. The topological polar surface area (TPSA) is 56.8 Å². The SMILES string of the molecule is Cc1ccc(N2C(=O)C(c3cccs3)=C(N3CCN(c4ccccn4)CC3)C2=O)cc1C. The zero-order valence-corrected chi connectivity index (χ0v) is 18.9. The lowest BCUT2D eigenvalue weighted by atomic mass is 10.1. The van der Waals surface area contributed by atoms with Gasteiger partial charge >= 0.3 is 0 Å². The van der Waals surface area contributed by atoms with E-state index in [-0.39, 0.29) is 11.8 Å². The summed E-state index contributed by atoms with van der Waals surface area (Å²) >= 11 is 1.49. The van der Waals surface area contributed by atoms with Crippen molar-refractivity contribution in [2.75, 3.05) is 36.0 Å². The first-order valence-corrected chi connectivity index (χ1v) is 11.6. The Morgan fingerprint density at radius 1 is 0.844 bits per heavy atom. The minimum absolute atomic E-state index is 0.243. The molecule has 0 bridgehead atoms. The number of benzene rings is 1. The summed E-state index contributed by atoms with van der Waals surface area (Å²) in [5.41, 5.74) is 3.83. The smallest absolute Gasteiger partial charge is 0.282 e. The van der Waals surface area contributed by atoms with Crippen molar-refractivity contribution in [1.82, 2.24) is 9.88 Å². The highest BCUT2D eigenvalue weighted by Gasteiger charge is 2.43. The fourth-order valence-electron chi connectivity index (χ4n) is 4.25. The predicted octanol–water partition coefficient (Wildman–Crippen LogP) is 3.87. The van der Waals surface area contributed by atoms with E-state index >= 15 is 0 Å². The quantitative estimate of drug-likeness (QED) is 0.572. The van der Waals surface area contributed by atoms with Crippen molar-refractivity contribution in [3.05, 3.63) is 81.8 Å². The van der Waals surface area contributed by atoms with Gasteiger partial charge in [-0.05, 0) is 60.7 Å². The van der Waals surface area contributed by atoms with Crippen LogP contribution < -0.4 is 9.80 Å². The van der Waals surface area contributed by atoms with Gasteiger partial charge in [0.1, 0.15) is 11.5 Å². The number of hydrogen-bond donors (Lipinski definition) is 0. The lowest BCUT2D eigenvalue weighted by Crippen LogP contribution is -2.48. The van der Waals surface area contributed by atoms with E-state index in [1.807, 2.05) is 67.8 Å². The highest BCUT2D eigenvalue weighted by molar-refractivity contribution is 7.11. The molecule has 32 heavy (non-hydrogen) atoms. The third kappa shape index (κ3) is 3.48. The van der Waals surface area contributed by atoms with Crippen LogP contribution >= 0.6 is 11.3 Å². The van der Waals surface area contributed by atoms with Crippen molar-refractivity contribution < 1.29 is 9.59 Å². The lowest BCUT2D eigenvalue weighted by Gasteiger charge is -2.37. The average Bonchev–Trinajstić information content (AvgIpc) is 3.42. The van der Waals surface area contributed by atoms with Crippen molar-refractivity contribution >= 4 is 40.2 Å². The standard InChI is InChI=1S/C25H24N4O2S/c1-17-8-9-19(16-18(17)2)29-24(30)22(20-6-5-15-32-20)23(25(29)31)28-13-11-27(12-14-28)21-7-3-4-10-26-21/h3-10,15-16H,11-14H2,1-2H3. The molecule has 0 N–H and O–H groups in total. The fraction of sp³-hybridized carbons (Fsp3) is 0.240. The Morgan fingerprint density at radius 2 is 1.62 bits per heavy atom. The molecule has 2 aliphatic heterocycles. The van der Waals surface area contributed by atoms with Crippen molar-refractivity contribution in [3.63, 3.8) is 0 Å². The van der Waals surface area contributed by atoms with E-state index in [4.69, 9.17) is 0 Å². The molecule has 0 radical (unpaired) electrons. The van der Waals surface area contributed by atoms with Crippen LogP contribution in [0.15, 0.2) is 65.8 Å². The van der Waals surface area contributed by atoms with Gasteiger partial charge in [-0.1, -0.05) is 18.2 Å².